The summed E-state index contributed by atoms with van der Waals surface area (Å²) in [6.45, 7) is 6.76. The lowest BCUT2D eigenvalue weighted by molar-refractivity contribution is 0.112. The maximum absolute atomic E-state index is 8.96. The molecule has 0 aromatic carbocycles. The fourth-order valence-corrected chi connectivity index (χ4v) is 1.87. The number of hydrogen-bond donors (Lipinski definition) is 1. The molecule has 0 aliphatic rings. The van der Waals surface area contributed by atoms with E-state index in [0.29, 0.717) is 6.04 Å². The number of ether oxygens (including phenoxy) is 1. The van der Waals surface area contributed by atoms with Crippen molar-refractivity contribution in [2.75, 3.05) is 33.9 Å². The van der Waals surface area contributed by atoms with Gasteiger partial charge < -0.3 is 10.1 Å². The molecule has 0 saturated heterocycles. The first-order valence-electron chi connectivity index (χ1n) is 6.03. The van der Waals surface area contributed by atoms with E-state index in [1.54, 1.807) is 7.11 Å². The predicted molar refractivity (Wildman–Crippen MR) is 66.3 cm³/mol. The van der Waals surface area contributed by atoms with E-state index in [1.807, 2.05) is 7.05 Å². The highest BCUT2D eigenvalue weighted by atomic mass is 16.5. The number of rotatable bonds is 9. The van der Waals surface area contributed by atoms with Crippen LogP contribution in [0, 0.1) is 11.3 Å². The van der Waals surface area contributed by atoms with Gasteiger partial charge in [-0.25, -0.2) is 0 Å². The SMILES string of the molecule is CCC(CC)N(CCOC)CC(C#N)NC. The van der Waals surface area contributed by atoms with E-state index >= 15 is 0 Å². The summed E-state index contributed by atoms with van der Waals surface area (Å²) in [5.74, 6) is 0. The number of methoxy groups -OCH3 is 1. The quantitative estimate of drug-likeness (QED) is 0.644. The van der Waals surface area contributed by atoms with Crippen LogP contribution >= 0.6 is 0 Å². The van der Waals surface area contributed by atoms with E-state index in [-0.39, 0.29) is 6.04 Å². The second-order valence-corrected chi connectivity index (χ2v) is 3.93. The molecule has 1 N–H and O–H groups in total. The van der Waals surface area contributed by atoms with Crippen molar-refractivity contribution in [2.45, 2.75) is 38.8 Å². The molecular formula is C12H25N3O. The van der Waals surface area contributed by atoms with Crippen molar-refractivity contribution in [3.63, 3.8) is 0 Å². The van der Waals surface area contributed by atoms with Gasteiger partial charge in [-0.05, 0) is 19.9 Å². The van der Waals surface area contributed by atoms with Crippen molar-refractivity contribution in [2.24, 2.45) is 0 Å². The second-order valence-electron chi connectivity index (χ2n) is 3.93. The van der Waals surface area contributed by atoms with Crippen molar-refractivity contribution in [3.05, 3.63) is 0 Å². The molecule has 0 radical (unpaired) electrons. The molecule has 0 aromatic heterocycles. The van der Waals surface area contributed by atoms with Gasteiger partial charge in [0.05, 0.1) is 12.7 Å². The molecule has 16 heavy (non-hydrogen) atoms. The van der Waals surface area contributed by atoms with Gasteiger partial charge in [0.25, 0.3) is 0 Å². The molecule has 1 unspecified atom stereocenters. The van der Waals surface area contributed by atoms with E-state index < -0.39 is 0 Å². The molecular weight excluding hydrogens is 202 g/mol. The fourth-order valence-electron chi connectivity index (χ4n) is 1.87. The third-order valence-corrected chi connectivity index (χ3v) is 2.96. The Balaban J connectivity index is 4.34. The Morgan fingerprint density at radius 2 is 2.00 bits per heavy atom. The van der Waals surface area contributed by atoms with Crippen molar-refractivity contribution >= 4 is 0 Å². The lowest BCUT2D eigenvalue weighted by Crippen LogP contribution is -2.45. The molecule has 0 heterocycles. The Morgan fingerprint density at radius 3 is 2.38 bits per heavy atom. The Kier molecular flexibility index (Phi) is 9.21. The third kappa shape index (κ3) is 5.45. The summed E-state index contributed by atoms with van der Waals surface area (Å²) in [6.07, 6.45) is 2.23. The van der Waals surface area contributed by atoms with Crippen LogP contribution in [-0.2, 0) is 4.74 Å². The molecule has 0 amide bonds. The lowest BCUT2D eigenvalue weighted by atomic mass is 10.1. The maximum Gasteiger partial charge on any atom is 0.108 e. The van der Waals surface area contributed by atoms with Gasteiger partial charge in [-0.2, -0.15) is 5.26 Å². The minimum absolute atomic E-state index is 0.0996. The Bertz CT molecular complexity index is 199. The Hall–Kier alpha value is -0.630. The summed E-state index contributed by atoms with van der Waals surface area (Å²) in [7, 11) is 3.54. The van der Waals surface area contributed by atoms with E-state index in [0.717, 1.165) is 32.5 Å². The number of nitrogens with zero attached hydrogens (tertiary/aromatic N) is 2. The first kappa shape index (κ1) is 15.4. The lowest BCUT2D eigenvalue weighted by Gasteiger charge is -2.31. The summed E-state index contributed by atoms with van der Waals surface area (Å²) >= 11 is 0. The van der Waals surface area contributed by atoms with E-state index in [1.165, 1.54) is 0 Å². The molecule has 4 heteroatoms. The zero-order valence-electron chi connectivity index (χ0n) is 11.0. The van der Waals surface area contributed by atoms with Gasteiger partial charge in [0.1, 0.15) is 6.04 Å². The van der Waals surface area contributed by atoms with Gasteiger partial charge in [0.2, 0.25) is 0 Å². The molecule has 0 rings (SSSR count). The summed E-state index contributed by atoms with van der Waals surface area (Å²) < 4.78 is 5.12. The molecule has 0 fully saturated rings. The summed E-state index contributed by atoms with van der Waals surface area (Å²) in [4.78, 5) is 2.34. The minimum atomic E-state index is -0.0996. The number of nitrogens with one attached hydrogen (secondary N) is 1. The van der Waals surface area contributed by atoms with E-state index in [2.05, 4.69) is 30.1 Å². The Labute approximate surface area is 99.6 Å². The minimum Gasteiger partial charge on any atom is -0.383 e. The van der Waals surface area contributed by atoms with E-state index in [9.17, 15) is 0 Å². The molecule has 0 aliphatic heterocycles. The van der Waals surface area contributed by atoms with Crippen molar-refractivity contribution in [1.29, 1.82) is 5.26 Å². The van der Waals surface area contributed by atoms with Gasteiger partial charge >= 0.3 is 0 Å². The monoisotopic (exact) mass is 227 g/mol. The molecule has 94 valence electrons. The summed E-state index contributed by atoms with van der Waals surface area (Å²) in [5, 5.41) is 12.0. The first-order valence-corrected chi connectivity index (χ1v) is 6.03. The number of likely N-dealkylation sites (N-methyl/N-ethyl adjacent to an activating group) is 1. The summed E-state index contributed by atoms with van der Waals surface area (Å²) in [6, 6.07) is 2.71. The van der Waals surface area contributed by atoms with Crippen LogP contribution in [0.15, 0.2) is 0 Å². The van der Waals surface area contributed by atoms with Gasteiger partial charge in [-0.1, -0.05) is 13.8 Å². The Morgan fingerprint density at radius 1 is 1.38 bits per heavy atom. The van der Waals surface area contributed by atoms with Crippen LogP contribution in [0.25, 0.3) is 0 Å². The molecule has 0 bridgehead atoms. The van der Waals surface area contributed by atoms with Crippen molar-refractivity contribution in [3.8, 4) is 6.07 Å². The van der Waals surface area contributed by atoms with Crippen LogP contribution in [0.2, 0.25) is 0 Å². The average molecular weight is 227 g/mol. The van der Waals surface area contributed by atoms with Crippen molar-refractivity contribution < 1.29 is 4.74 Å². The highest BCUT2D eigenvalue weighted by Gasteiger charge is 2.18. The topological polar surface area (TPSA) is 48.3 Å². The van der Waals surface area contributed by atoms with Gasteiger partial charge in [-0.3, -0.25) is 4.90 Å². The van der Waals surface area contributed by atoms with Crippen molar-refractivity contribution in [1.82, 2.24) is 10.2 Å². The average Bonchev–Trinajstić information content (AvgIpc) is 2.33. The van der Waals surface area contributed by atoms with Crippen LogP contribution in [-0.4, -0.2) is 50.8 Å². The molecule has 0 saturated carbocycles. The zero-order valence-corrected chi connectivity index (χ0v) is 11.0. The molecule has 0 aliphatic carbocycles. The van der Waals surface area contributed by atoms with Crippen LogP contribution in [0.1, 0.15) is 26.7 Å². The third-order valence-electron chi connectivity index (χ3n) is 2.96. The molecule has 0 spiro atoms. The standard InChI is InChI=1S/C12H25N3O/c1-5-12(6-2)15(7-8-16-4)10-11(9-13)14-3/h11-12,14H,5-8,10H2,1-4H3. The molecule has 1 atom stereocenters. The largest absolute Gasteiger partial charge is 0.383 e. The van der Waals surface area contributed by atoms with Crippen LogP contribution in [0.5, 0.6) is 0 Å². The second kappa shape index (κ2) is 9.59. The summed E-state index contributed by atoms with van der Waals surface area (Å²) in [5.41, 5.74) is 0. The predicted octanol–water partition coefficient (Wildman–Crippen LogP) is 1.23. The fraction of sp³-hybridized carbons (Fsp3) is 0.917. The number of nitriles is 1. The van der Waals surface area contributed by atoms with Crippen LogP contribution in [0.3, 0.4) is 0 Å². The van der Waals surface area contributed by atoms with Crippen LogP contribution in [0.4, 0.5) is 0 Å². The van der Waals surface area contributed by atoms with Gasteiger partial charge in [0.15, 0.2) is 0 Å². The number of hydrogen-bond acceptors (Lipinski definition) is 4. The normalized spacial score (nSPS) is 13.1. The smallest absolute Gasteiger partial charge is 0.108 e. The van der Waals surface area contributed by atoms with Crippen LogP contribution < -0.4 is 5.32 Å². The highest BCUT2D eigenvalue weighted by Crippen LogP contribution is 2.08. The van der Waals surface area contributed by atoms with E-state index in [4.69, 9.17) is 10.00 Å². The zero-order chi connectivity index (χ0) is 12.4. The highest BCUT2D eigenvalue weighted by molar-refractivity contribution is 4.92. The maximum atomic E-state index is 8.96. The van der Waals surface area contributed by atoms with Gasteiger partial charge in [0, 0.05) is 26.2 Å². The molecule has 4 nitrogen and oxygen atoms in total. The first-order chi connectivity index (χ1) is 7.73. The molecule has 0 aromatic rings. The van der Waals surface area contributed by atoms with Gasteiger partial charge in [-0.15, -0.1) is 0 Å².